The van der Waals surface area contributed by atoms with Crippen molar-refractivity contribution in [3.63, 3.8) is 0 Å². The maximum Gasteiger partial charge on any atom is 0.285 e. The molecular formula is C22H23N5O2S. The molecule has 0 spiro atoms. The third-order valence-electron chi connectivity index (χ3n) is 5.98. The molecule has 2 aliphatic heterocycles. The van der Waals surface area contributed by atoms with Crippen molar-refractivity contribution < 1.29 is 8.42 Å². The quantitative estimate of drug-likeness (QED) is 0.633. The average Bonchev–Trinajstić information content (AvgIpc) is 3.04. The predicted octanol–water partition coefficient (Wildman–Crippen LogP) is 2.99. The molecule has 0 unspecified atom stereocenters. The summed E-state index contributed by atoms with van der Waals surface area (Å²) in [6.07, 6.45) is 1.79. The topological polar surface area (TPSA) is 78.8 Å². The van der Waals surface area contributed by atoms with Crippen LogP contribution in [0.15, 0.2) is 57.8 Å². The highest BCUT2D eigenvalue weighted by atomic mass is 32.2. The van der Waals surface area contributed by atoms with E-state index in [-0.39, 0.29) is 6.04 Å². The molecule has 3 aromatic rings. The van der Waals surface area contributed by atoms with Crippen LogP contribution < -0.4 is 4.90 Å². The van der Waals surface area contributed by atoms with Crippen LogP contribution in [-0.2, 0) is 10.0 Å². The van der Waals surface area contributed by atoms with E-state index in [4.69, 9.17) is 9.97 Å². The van der Waals surface area contributed by atoms with Crippen molar-refractivity contribution in [2.75, 3.05) is 25.0 Å². The lowest BCUT2D eigenvalue weighted by atomic mass is 10.0. The standard InChI is InChI=1S/C22H23N5O2S/c1-15-21(24-19-9-5-4-8-18(19)23-15)27-13-11-16(12-14-27)26(2)22-17-7-3-6-10-20(17)30(28,29)25-22/h3-10,16H,11-14H2,1-2H3. The number of anilines is 1. The second kappa shape index (κ2) is 7.05. The summed E-state index contributed by atoms with van der Waals surface area (Å²) >= 11 is 0. The Balaban J connectivity index is 1.35. The molecule has 3 heterocycles. The first-order chi connectivity index (χ1) is 14.4. The summed E-state index contributed by atoms with van der Waals surface area (Å²) in [6.45, 7) is 3.68. The monoisotopic (exact) mass is 421 g/mol. The van der Waals surface area contributed by atoms with Crippen molar-refractivity contribution in [3.8, 4) is 0 Å². The van der Waals surface area contributed by atoms with Gasteiger partial charge >= 0.3 is 0 Å². The number of aromatic nitrogens is 2. The molecule has 154 valence electrons. The number of amidine groups is 1. The van der Waals surface area contributed by atoms with Gasteiger partial charge in [0.2, 0.25) is 0 Å². The highest BCUT2D eigenvalue weighted by molar-refractivity contribution is 7.90. The smallest absolute Gasteiger partial charge is 0.285 e. The first-order valence-corrected chi connectivity index (χ1v) is 11.5. The van der Waals surface area contributed by atoms with Gasteiger partial charge in [0.05, 0.1) is 16.7 Å². The molecule has 1 saturated heterocycles. The summed E-state index contributed by atoms with van der Waals surface area (Å²) in [7, 11) is -1.66. The fraction of sp³-hybridized carbons (Fsp3) is 0.318. The van der Waals surface area contributed by atoms with Crippen LogP contribution in [0.2, 0.25) is 0 Å². The fourth-order valence-electron chi connectivity index (χ4n) is 4.36. The van der Waals surface area contributed by atoms with Gasteiger partial charge in [0.25, 0.3) is 10.0 Å². The van der Waals surface area contributed by atoms with E-state index in [0.717, 1.165) is 48.5 Å². The Morgan fingerprint density at radius 3 is 2.33 bits per heavy atom. The van der Waals surface area contributed by atoms with Crippen molar-refractivity contribution in [2.45, 2.75) is 30.7 Å². The predicted molar refractivity (Wildman–Crippen MR) is 117 cm³/mol. The van der Waals surface area contributed by atoms with Gasteiger partial charge in [0.1, 0.15) is 4.90 Å². The molecule has 0 radical (unpaired) electrons. The molecule has 1 aromatic heterocycles. The van der Waals surface area contributed by atoms with Crippen LogP contribution in [0.25, 0.3) is 11.0 Å². The lowest BCUT2D eigenvalue weighted by molar-refractivity contribution is 0.305. The molecule has 0 aliphatic carbocycles. The van der Waals surface area contributed by atoms with Crippen LogP contribution >= 0.6 is 0 Å². The van der Waals surface area contributed by atoms with Gasteiger partial charge in [-0.3, -0.25) is 0 Å². The van der Waals surface area contributed by atoms with Crippen molar-refractivity contribution in [2.24, 2.45) is 4.40 Å². The number of nitrogens with zero attached hydrogens (tertiary/aromatic N) is 5. The van der Waals surface area contributed by atoms with Crippen molar-refractivity contribution in [1.82, 2.24) is 14.9 Å². The van der Waals surface area contributed by atoms with E-state index in [0.29, 0.717) is 16.3 Å². The van der Waals surface area contributed by atoms with E-state index in [2.05, 4.69) is 9.30 Å². The second-order valence-electron chi connectivity index (χ2n) is 7.84. The molecule has 0 atom stereocenters. The number of sulfonamides is 1. The zero-order chi connectivity index (χ0) is 20.9. The fourth-order valence-corrected chi connectivity index (χ4v) is 5.60. The number of fused-ring (bicyclic) bond motifs is 2. The lowest BCUT2D eigenvalue weighted by Crippen LogP contribution is -2.46. The van der Waals surface area contributed by atoms with E-state index in [9.17, 15) is 8.42 Å². The number of piperidine rings is 1. The maximum atomic E-state index is 12.4. The minimum atomic E-state index is -3.60. The molecule has 8 heteroatoms. The summed E-state index contributed by atoms with van der Waals surface area (Å²) in [4.78, 5) is 14.2. The Morgan fingerprint density at radius 2 is 1.60 bits per heavy atom. The first kappa shape index (κ1) is 19.0. The number of aryl methyl sites for hydroxylation is 1. The second-order valence-corrected chi connectivity index (χ2v) is 9.41. The Kier molecular flexibility index (Phi) is 4.47. The molecular weight excluding hydrogens is 398 g/mol. The highest BCUT2D eigenvalue weighted by Gasteiger charge is 2.34. The summed E-state index contributed by atoms with van der Waals surface area (Å²) in [6, 6.07) is 15.2. The van der Waals surface area contributed by atoms with Gasteiger partial charge in [-0.1, -0.05) is 24.3 Å². The third kappa shape index (κ3) is 3.11. The highest BCUT2D eigenvalue weighted by Crippen LogP contribution is 2.30. The summed E-state index contributed by atoms with van der Waals surface area (Å²) in [5.74, 6) is 1.48. The molecule has 0 amide bonds. The van der Waals surface area contributed by atoms with Crippen molar-refractivity contribution in [3.05, 3.63) is 59.8 Å². The summed E-state index contributed by atoms with van der Waals surface area (Å²) < 4.78 is 28.9. The largest absolute Gasteiger partial charge is 0.355 e. The van der Waals surface area contributed by atoms with E-state index in [1.54, 1.807) is 12.1 Å². The van der Waals surface area contributed by atoms with Crippen LogP contribution in [0.3, 0.4) is 0 Å². The molecule has 0 N–H and O–H groups in total. The number of hydrogen-bond donors (Lipinski definition) is 0. The SMILES string of the molecule is Cc1nc2ccccc2nc1N1CCC(N(C)C2=NS(=O)(=O)c3ccccc32)CC1. The van der Waals surface area contributed by atoms with Crippen LogP contribution in [0.5, 0.6) is 0 Å². The lowest BCUT2D eigenvalue weighted by Gasteiger charge is -2.38. The van der Waals surface area contributed by atoms with Crippen molar-refractivity contribution >= 4 is 32.7 Å². The Labute approximate surface area is 176 Å². The van der Waals surface area contributed by atoms with E-state index >= 15 is 0 Å². The average molecular weight is 422 g/mol. The normalized spacial score (nSPS) is 18.3. The molecule has 0 saturated carbocycles. The van der Waals surface area contributed by atoms with Crippen LogP contribution in [0, 0.1) is 6.92 Å². The number of para-hydroxylation sites is 2. The Morgan fingerprint density at radius 1 is 0.967 bits per heavy atom. The molecule has 2 aliphatic rings. The zero-order valence-corrected chi connectivity index (χ0v) is 17.8. The molecule has 30 heavy (non-hydrogen) atoms. The Bertz CT molecular complexity index is 1260. The van der Waals surface area contributed by atoms with Gasteiger partial charge in [0.15, 0.2) is 11.7 Å². The molecule has 2 aromatic carbocycles. The molecule has 1 fully saturated rings. The number of rotatable bonds is 2. The minimum Gasteiger partial charge on any atom is -0.355 e. The maximum absolute atomic E-state index is 12.4. The minimum absolute atomic E-state index is 0.218. The van der Waals surface area contributed by atoms with Gasteiger partial charge in [-0.25, -0.2) is 9.97 Å². The number of hydrogen-bond acceptors (Lipinski definition) is 6. The third-order valence-corrected chi connectivity index (χ3v) is 7.30. The van der Waals surface area contributed by atoms with Gasteiger partial charge in [-0.05, 0) is 44.0 Å². The summed E-state index contributed by atoms with van der Waals surface area (Å²) in [5, 5.41) is 0. The van der Waals surface area contributed by atoms with Gasteiger partial charge in [-0.15, -0.1) is 4.40 Å². The molecule has 7 nitrogen and oxygen atoms in total. The van der Waals surface area contributed by atoms with E-state index in [1.165, 1.54) is 0 Å². The van der Waals surface area contributed by atoms with Gasteiger partial charge in [0, 0.05) is 31.7 Å². The molecule has 5 rings (SSSR count). The van der Waals surface area contributed by atoms with Crippen molar-refractivity contribution in [1.29, 1.82) is 0 Å². The van der Waals surface area contributed by atoms with Crippen LogP contribution in [0.4, 0.5) is 5.82 Å². The van der Waals surface area contributed by atoms with Gasteiger partial charge < -0.3 is 9.80 Å². The molecule has 0 bridgehead atoms. The first-order valence-electron chi connectivity index (χ1n) is 10.1. The van der Waals surface area contributed by atoms with E-state index < -0.39 is 10.0 Å². The Hall–Kier alpha value is -3.00. The van der Waals surface area contributed by atoms with E-state index in [1.807, 2.05) is 55.3 Å². The number of benzene rings is 2. The van der Waals surface area contributed by atoms with Gasteiger partial charge in [-0.2, -0.15) is 8.42 Å². The zero-order valence-electron chi connectivity index (χ0n) is 17.0. The van der Waals surface area contributed by atoms with Crippen LogP contribution in [-0.4, -0.2) is 55.3 Å². The van der Waals surface area contributed by atoms with Crippen LogP contribution in [0.1, 0.15) is 24.1 Å². The summed E-state index contributed by atoms with van der Waals surface area (Å²) in [5.41, 5.74) is 3.44.